The van der Waals surface area contributed by atoms with Crippen molar-refractivity contribution in [1.29, 1.82) is 0 Å². The van der Waals surface area contributed by atoms with Crippen LogP contribution in [0.2, 0.25) is 0 Å². The van der Waals surface area contributed by atoms with E-state index in [2.05, 4.69) is 27.7 Å². The van der Waals surface area contributed by atoms with Gasteiger partial charge in [0.05, 0.1) is 0 Å². The number of aliphatic hydroxyl groups is 1. The van der Waals surface area contributed by atoms with Gasteiger partial charge >= 0.3 is 11.9 Å². The van der Waals surface area contributed by atoms with Crippen molar-refractivity contribution in [2.24, 2.45) is 11.8 Å². The summed E-state index contributed by atoms with van der Waals surface area (Å²) in [7, 11) is 0. The first-order valence-electron chi connectivity index (χ1n) is 20.8. The van der Waals surface area contributed by atoms with Gasteiger partial charge in [-0.1, -0.05) is 201 Å². The van der Waals surface area contributed by atoms with Gasteiger partial charge in [0.2, 0.25) is 0 Å². The van der Waals surface area contributed by atoms with Crippen molar-refractivity contribution in [1.82, 2.24) is 0 Å². The van der Waals surface area contributed by atoms with Gasteiger partial charge < -0.3 is 14.6 Å². The number of ether oxygens (including phenoxy) is 2. The van der Waals surface area contributed by atoms with E-state index in [1.165, 1.54) is 161 Å². The van der Waals surface area contributed by atoms with Crippen LogP contribution in [0.1, 0.15) is 227 Å². The van der Waals surface area contributed by atoms with Gasteiger partial charge in [0, 0.05) is 12.8 Å². The Morgan fingerprint density at radius 3 is 0.830 bits per heavy atom. The Kier molecular flexibility index (Phi) is 35.3. The molecule has 0 bridgehead atoms. The first kappa shape index (κ1) is 45.9. The quantitative estimate of drug-likeness (QED) is 0.0527. The zero-order valence-corrected chi connectivity index (χ0v) is 32.1. The second-order valence-corrected chi connectivity index (χ2v) is 15.4. The van der Waals surface area contributed by atoms with Crippen molar-refractivity contribution in [3.05, 3.63) is 0 Å². The molecule has 0 aliphatic heterocycles. The number of carbonyl (C=O) groups excluding carboxylic acids is 2. The molecule has 0 radical (unpaired) electrons. The first-order chi connectivity index (χ1) is 22.8. The van der Waals surface area contributed by atoms with Gasteiger partial charge in [-0.2, -0.15) is 0 Å². The molecule has 0 fully saturated rings. The summed E-state index contributed by atoms with van der Waals surface area (Å²) in [5.74, 6) is 1.15. The summed E-state index contributed by atoms with van der Waals surface area (Å²) < 4.78 is 10.4. The molecule has 47 heavy (non-hydrogen) atoms. The lowest BCUT2D eigenvalue weighted by Gasteiger charge is -2.12. The summed E-state index contributed by atoms with van der Waals surface area (Å²) in [6.07, 6.45) is 37.3. The van der Waals surface area contributed by atoms with Gasteiger partial charge in [0.25, 0.3) is 0 Å². The molecule has 0 unspecified atom stereocenters. The van der Waals surface area contributed by atoms with Gasteiger partial charge in [-0.3, -0.25) is 9.59 Å². The van der Waals surface area contributed by atoms with E-state index in [4.69, 9.17) is 9.47 Å². The lowest BCUT2D eigenvalue weighted by atomic mass is 10.0. The largest absolute Gasteiger partial charge is 0.463 e. The SMILES string of the molecule is CC(C)CCCCCCCCCCCCCCCCCC(=O)OC[C@@H](O)COC(=O)CCCCCCCCCCCCCCC(C)C. The van der Waals surface area contributed by atoms with E-state index < -0.39 is 6.10 Å². The van der Waals surface area contributed by atoms with Crippen LogP contribution in [0.4, 0.5) is 0 Å². The third-order valence-electron chi connectivity index (χ3n) is 9.45. The van der Waals surface area contributed by atoms with E-state index in [0.717, 1.165) is 37.5 Å². The second kappa shape index (κ2) is 36.2. The Labute approximate surface area is 293 Å². The predicted molar refractivity (Wildman–Crippen MR) is 201 cm³/mol. The molecular formula is C42H82O5. The van der Waals surface area contributed by atoms with Gasteiger partial charge in [-0.15, -0.1) is 0 Å². The van der Waals surface area contributed by atoms with Crippen molar-refractivity contribution in [3.8, 4) is 0 Å². The predicted octanol–water partition coefficient (Wildman–Crippen LogP) is 12.8. The van der Waals surface area contributed by atoms with Gasteiger partial charge in [-0.05, 0) is 24.7 Å². The highest BCUT2D eigenvalue weighted by atomic mass is 16.6. The highest BCUT2D eigenvalue weighted by Gasteiger charge is 2.12. The lowest BCUT2D eigenvalue weighted by Crippen LogP contribution is -2.25. The van der Waals surface area contributed by atoms with Crippen LogP contribution in [0.5, 0.6) is 0 Å². The molecule has 0 aromatic rings. The number of hydrogen-bond donors (Lipinski definition) is 1. The maximum Gasteiger partial charge on any atom is 0.305 e. The number of hydrogen-bond acceptors (Lipinski definition) is 5. The summed E-state index contributed by atoms with van der Waals surface area (Å²) >= 11 is 0. The topological polar surface area (TPSA) is 72.8 Å². The Bertz CT molecular complexity index is 661. The van der Waals surface area contributed by atoms with Crippen LogP contribution in [0.25, 0.3) is 0 Å². The van der Waals surface area contributed by atoms with Crippen molar-refractivity contribution in [3.63, 3.8) is 0 Å². The third kappa shape index (κ3) is 39.2. The van der Waals surface area contributed by atoms with Gasteiger partial charge in [0.1, 0.15) is 19.3 Å². The Hall–Kier alpha value is -1.10. The molecule has 1 atom stereocenters. The average Bonchev–Trinajstić information content (AvgIpc) is 3.04. The van der Waals surface area contributed by atoms with E-state index in [9.17, 15) is 14.7 Å². The highest BCUT2D eigenvalue weighted by Crippen LogP contribution is 2.16. The molecule has 0 aromatic carbocycles. The summed E-state index contributed by atoms with van der Waals surface area (Å²) in [6.45, 7) is 9.04. The molecule has 5 heteroatoms. The zero-order valence-electron chi connectivity index (χ0n) is 32.1. The molecule has 0 saturated heterocycles. The summed E-state index contributed by atoms with van der Waals surface area (Å²) in [6, 6.07) is 0. The zero-order chi connectivity index (χ0) is 34.6. The second-order valence-electron chi connectivity index (χ2n) is 15.4. The fraction of sp³-hybridized carbons (Fsp3) is 0.952. The number of unbranched alkanes of at least 4 members (excludes halogenated alkanes) is 25. The number of esters is 2. The first-order valence-corrected chi connectivity index (χ1v) is 20.8. The number of aliphatic hydroxyl groups excluding tert-OH is 1. The molecular weight excluding hydrogens is 584 g/mol. The summed E-state index contributed by atoms with van der Waals surface area (Å²) in [4.78, 5) is 24.0. The lowest BCUT2D eigenvalue weighted by molar-refractivity contribution is -0.152. The smallest absolute Gasteiger partial charge is 0.305 e. The van der Waals surface area contributed by atoms with Crippen LogP contribution in [0.15, 0.2) is 0 Å². The molecule has 0 aromatic heterocycles. The summed E-state index contributed by atoms with van der Waals surface area (Å²) in [5.41, 5.74) is 0. The monoisotopic (exact) mass is 667 g/mol. The molecule has 0 rings (SSSR count). The van der Waals surface area contributed by atoms with Gasteiger partial charge in [0.15, 0.2) is 0 Å². The van der Waals surface area contributed by atoms with E-state index >= 15 is 0 Å². The highest BCUT2D eigenvalue weighted by molar-refractivity contribution is 5.69. The minimum atomic E-state index is -0.956. The molecule has 0 spiro atoms. The minimum Gasteiger partial charge on any atom is -0.463 e. The molecule has 280 valence electrons. The van der Waals surface area contributed by atoms with Crippen molar-refractivity contribution < 1.29 is 24.2 Å². The van der Waals surface area contributed by atoms with Crippen molar-refractivity contribution in [2.75, 3.05) is 13.2 Å². The van der Waals surface area contributed by atoms with Crippen molar-refractivity contribution in [2.45, 2.75) is 233 Å². The number of rotatable bonds is 37. The maximum absolute atomic E-state index is 12.0. The standard InChI is InChI=1S/C42H82O5/c1-38(2)32-28-24-20-16-12-8-6-5-7-9-14-18-22-26-30-34-41(44)46-36-40(43)37-47-42(45)35-31-27-23-19-15-11-10-13-17-21-25-29-33-39(3)4/h38-40,43H,5-37H2,1-4H3/t40-/m1/s1. The fourth-order valence-corrected chi connectivity index (χ4v) is 6.28. The van der Waals surface area contributed by atoms with E-state index in [1.54, 1.807) is 0 Å². The van der Waals surface area contributed by atoms with Crippen LogP contribution in [-0.2, 0) is 19.1 Å². The van der Waals surface area contributed by atoms with Crippen LogP contribution >= 0.6 is 0 Å². The van der Waals surface area contributed by atoms with Crippen LogP contribution < -0.4 is 0 Å². The van der Waals surface area contributed by atoms with E-state index in [1.807, 2.05) is 0 Å². The van der Waals surface area contributed by atoms with Crippen LogP contribution in [0.3, 0.4) is 0 Å². The molecule has 1 N–H and O–H groups in total. The summed E-state index contributed by atoms with van der Waals surface area (Å²) in [5, 5.41) is 10.0. The molecule has 0 heterocycles. The number of carbonyl (C=O) groups is 2. The molecule has 0 aliphatic rings. The molecule has 5 nitrogen and oxygen atoms in total. The molecule has 0 aliphatic carbocycles. The fourth-order valence-electron chi connectivity index (χ4n) is 6.28. The van der Waals surface area contributed by atoms with Gasteiger partial charge in [-0.25, -0.2) is 0 Å². The van der Waals surface area contributed by atoms with Crippen LogP contribution in [-0.4, -0.2) is 36.4 Å². The normalized spacial score (nSPS) is 12.2. The van der Waals surface area contributed by atoms with E-state index in [-0.39, 0.29) is 25.2 Å². The Balaban J connectivity index is 3.37. The minimum absolute atomic E-state index is 0.109. The third-order valence-corrected chi connectivity index (χ3v) is 9.45. The van der Waals surface area contributed by atoms with E-state index in [0.29, 0.717) is 12.8 Å². The average molecular weight is 667 g/mol. The Morgan fingerprint density at radius 1 is 0.383 bits per heavy atom. The molecule has 0 amide bonds. The van der Waals surface area contributed by atoms with Crippen LogP contribution in [0, 0.1) is 11.8 Å². The molecule has 0 saturated carbocycles. The van der Waals surface area contributed by atoms with Crippen molar-refractivity contribution >= 4 is 11.9 Å². The Morgan fingerprint density at radius 2 is 0.596 bits per heavy atom. The maximum atomic E-state index is 12.0.